The minimum Gasteiger partial charge on any atom is -0.329 e. The summed E-state index contributed by atoms with van der Waals surface area (Å²) in [6.07, 6.45) is 7.66. The van der Waals surface area contributed by atoms with E-state index in [-0.39, 0.29) is 5.54 Å². The monoisotopic (exact) mass is 283 g/mol. The Morgan fingerprint density at radius 3 is 1.90 bits per heavy atom. The fourth-order valence-corrected chi connectivity index (χ4v) is 3.39. The summed E-state index contributed by atoms with van der Waals surface area (Å²) in [7, 11) is 0. The van der Waals surface area contributed by atoms with E-state index in [0.717, 1.165) is 6.54 Å². The van der Waals surface area contributed by atoms with Crippen LogP contribution in [0, 0.1) is 0 Å². The van der Waals surface area contributed by atoms with Crippen molar-refractivity contribution >= 4 is 0 Å². The van der Waals surface area contributed by atoms with Crippen LogP contribution in [0.2, 0.25) is 0 Å². The predicted octanol–water partition coefficient (Wildman–Crippen LogP) is 3.09. The smallest absolute Gasteiger partial charge is 0.0356 e. The van der Waals surface area contributed by atoms with Gasteiger partial charge < -0.3 is 10.6 Å². The van der Waals surface area contributed by atoms with E-state index in [1.807, 2.05) is 0 Å². The summed E-state index contributed by atoms with van der Waals surface area (Å²) < 4.78 is 0. The lowest BCUT2D eigenvalue weighted by atomic mass is 9.84. The van der Waals surface area contributed by atoms with Gasteiger partial charge in [-0.15, -0.1) is 0 Å². The van der Waals surface area contributed by atoms with Crippen molar-refractivity contribution in [3.63, 3.8) is 0 Å². The Morgan fingerprint density at radius 1 is 1.05 bits per heavy atom. The molecule has 120 valence electrons. The lowest BCUT2D eigenvalue weighted by Gasteiger charge is -2.49. The summed E-state index contributed by atoms with van der Waals surface area (Å²) >= 11 is 0. The van der Waals surface area contributed by atoms with Crippen LogP contribution in [0.3, 0.4) is 0 Å². The fourth-order valence-electron chi connectivity index (χ4n) is 3.39. The third kappa shape index (κ3) is 4.71. The summed E-state index contributed by atoms with van der Waals surface area (Å²) in [4.78, 5) is 5.34. The Kier molecular flexibility index (Phi) is 8.08. The van der Waals surface area contributed by atoms with Crippen LogP contribution in [0.1, 0.15) is 66.2 Å². The molecule has 2 N–H and O–H groups in total. The Balaban J connectivity index is 2.67. The topological polar surface area (TPSA) is 32.5 Å². The fraction of sp³-hybridized carbons (Fsp3) is 1.00. The predicted molar refractivity (Wildman–Crippen MR) is 89.1 cm³/mol. The molecule has 1 aliphatic rings. The summed E-state index contributed by atoms with van der Waals surface area (Å²) in [6.45, 7) is 14.9. The first-order valence-electron chi connectivity index (χ1n) is 8.78. The quantitative estimate of drug-likeness (QED) is 0.706. The molecule has 0 aromatic carbocycles. The Bertz CT molecular complexity index is 237. The number of nitrogens with zero attached hydrogens (tertiary/aromatic N) is 2. The third-order valence-electron chi connectivity index (χ3n) is 5.07. The SMILES string of the molecule is CCCCN(CCCC)C1(CN)CCN(C(C)C)CC1. The highest BCUT2D eigenvalue weighted by Gasteiger charge is 2.38. The maximum absolute atomic E-state index is 6.24. The molecule has 0 radical (unpaired) electrons. The van der Waals surface area contributed by atoms with E-state index in [1.165, 1.54) is 64.7 Å². The van der Waals surface area contributed by atoms with Gasteiger partial charge in [-0.2, -0.15) is 0 Å². The molecule has 0 bridgehead atoms. The van der Waals surface area contributed by atoms with E-state index < -0.39 is 0 Å². The molecule has 1 aliphatic heterocycles. The van der Waals surface area contributed by atoms with Gasteiger partial charge in [0.2, 0.25) is 0 Å². The second-order valence-corrected chi connectivity index (χ2v) is 6.75. The molecule has 0 aliphatic carbocycles. The van der Waals surface area contributed by atoms with Crippen LogP contribution in [0.25, 0.3) is 0 Å². The molecule has 20 heavy (non-hydrogen) atoms. The minimum absolute atomic E-state index is 0.274. The molecule has 0 amide bonds. The van der Waals surface area contributed by atoms with Crippen LogP contribution >= 0.6 is 0 Å². The van der Waals surface area contributed by atoms with Gasteiger partial charge in [-0.25, -0.2) is 0 Å². The first kappa shape index (κ1) is 17.9. The van der Waals surface area contributed by atoms with Crippen molar-refractivity contribution in [2.24, 2.45) is 5.73 Å². The third-order valence-corrected chi connectivity index (χ3v) is 5.07. The molecular weight excluding hydrogens is 246 g/mol. The number of rotatable bonds is 9. The Morgan fingerprint density at radius 2 is 1.55 bits per heavy atom. The van der Waals surface area contributed by atoms with Crippen molar-refractivity contribution in [1.82, 2.24) is 9.80 Å². The van der Waals surface area contributed by atoms with Crippen molar-refractivity contribution in [3.8, 4) is 0 Å². The van der Waals surface area contributed by atoms with Crippen molar-refractivity contribution in [2.45, 2.75) is 77.8 Å². The lowest BCUT2D eigenvalue weighted by molar-refractivity contribution is 0.0160. The van der Waals surface area contributed by atoms with Crippen LogP contribution in [0.5, 0.6) is 0 Å². The highest BCUT2D eigenvalue weighted by molar-refractivity contribution is 4.96. The van der Waals surface area contributed by atoms with Crippen LogP contribution in [-0.2, 0) is 0 Å². The average Bonchev–Trinajstić information content (AvgIpc) is 2.47. The molecule has 1 fully saturated rings. The largest absolute Gasteiger partial charge is 0.329 e. The number of nitrogens with two attached hydrogens (primary N) is 1. The zero-order valence-electron chi connectivity index (χ0n) is 14.3. The van der Waals surface area contributed by atoms with Gasteiger partial charge in [0.25, 0.3) is 0 Å². The molecule has 0 saturated carbocycles. The van der Waals surface area contributed by atoms with Crippen LogP contribution in [0.4, 0.5) is 0 Å². The molecule has 0 aromatic heterocycles. The molecular formula is C17H37N3. The number of piperidine rings is 1. The number of hydrogen-bond donors (Lipinski definition) is 1. The second-order valence-electron chi connectivity index (χ2n) is 6.75. The summed E-state index contributed by atoms with van der Waals surface area (Å²) in [5.74, 6) is 0. The maximum atomic E-state index is 6.24. The van der Waals surface area contributed by atoms with Crippen molar-refractivity contribution in [1.29, 1.82) is 0 Å². The van der Waals surface area contributed by atoms with E-state index in [4.69, 9.17) is 5.73 Å². The highest BCUT2D eigenvalue weighted by atomic mass is 15.2. The molecule has 1 saturated heterocycles. The van der Waals surface area contributed by atoms with Gasteiger partial charge in [0.15, 0.2) is 0 Å². The minimum atomic E-state index is 0.274. The standard InChI is InChI=1S/C17H37N3/c1-5-7-11-20(12-8-6-2)17(15-18)9-13-19(14-10-17)16(3)4/h16H,5-15,18H2,1-4H3. The summed E-state index contributed by atoms with van der Waals surface area (Å²) in [5, 5.41) is 0. The number of unbranched alkanes of at least 4 members (excludes halogenated alkanes) is 2. The second kappa shape index (κ2) is 9.01. The summed E-state index contributed by atoms with van der Waals surface area (Å²) in [6, 6.07) is 0.672. The van der Waals surface area contributed by atoms with Gasteiger partial charge in [-0.1, -0.05) is 26.7 Å². The molecule has 3 heteroatoms. The van der Waals surface area contributed by atoms with Crippen LogP contribution in [-0.4, -0.2) is 54.1 Å². The molecule has 0 aromatic rings. The molecule has 0 spiro atoms. The van der Waals surface area contributed by atoms with E-state index in [0.29, 0.717) is 6.04 Å². The average molecular weight is 284 g/mol. The Labute approximate surface area is 126 Å². The van der Waals surface area contributed by atoms with Crippen molar-refractivity contribution in [2.75, 3.05) is 32.7 Å². The van der Waals surface area contributed by atoms with E-state index in [2.05, 4.69) is 37.5 Å². The maximum Gasteiger partial charge on any atom is 0.0356 e. The molecule has 3 nitrogen and oxygen atoms in total. The molecule has 1 heterocycles. The number of hydrogen-bond acceptors (Lipinski definition) is 3. The van der Waals surface area contributed by atoms with E-state index in [1.54, 1.807) is 0 Å². The normalized spacial score (nSPS) is 19.9. The zero-order chi connectivity index (χ0) is 15.0. The first-order valence-corrected chi connectivity index (χ1v) is 8.78. The van der Waals surface area contributed by atoms with E-state index in [9.17, 15) is 0 Å². The van der Waals surface area contributed by atoms with Gasteiger partial charge in [0, 0.05) is 31.2 Å². The van der Waals surface area contributed by atoms with Crippen LogP contribution in [0.15, 0.2) is 0 Å². The first-order chi connectivity index (χ1) is 9.59. The van der Waals surface area contributed by atoms with Crippen LogP contribution < -0.4 is 5.73 Å². The Hall–Kier alpha value is -0.120. The molecule has 0 unspecified atom stereocenters. The van der Waals surface area contributed by atoms with Gasteiger partial charge in [0.05, 0.1) is 0 Å². The number of likely N-dealkylation sites (tertiary alicyclic amines) is 1. The van der Waals surface area contributed by atoms with Crippen molar-refractivity contribution < 1.29 is 0 Å². The van der Waals surface area contributed by atoms with Gasteiger partial charge in [-0.05, 0) is 52.6 Å². The molecule has 0 atom stereocenters. The molecule has 1 rings (SSSR count). The van der Waals surface area contributed by atoms with Crippen molar-refractivity contribution in [3.05, 3.63) is 0 Å². The zero-order valence-corrected chi connectivity index (χ0v) is 14.3. The van der Waals surface area contributed by atoms with E-state index >= 15 is 0 Å². The van der Waals surface area contributed by atoms with Gasteiger partial charge in [0.1, 0.15) is 0 Å². The summed E-state index contributed by atoms with van der Waals surface area (Å²) in [5.41, 5.74) is 6.52. The van der Waals surface area contributed by atoms with Gasteiger partial charge >= 0.3 is 0 Å². The van der Waals surface area contributed by atoms with Gasteiger partial charge in [-0.3, -0.25) is 4.90 Å². The lowest BCUT2D eigenvalue weighted by Crippen LogP contribution is -2.60. The highest BCUT2D eigenvalue weighted by Crippen LogP contribution is 2.29.